The van der Waals surface area contributed by atoms with Crippen molar-refractivity contribution < 1.29 is 72.6 Å². The Morgan fingerprint density at radius 2 is 1.22 bits per heavy atom. The monoisotopic (exact) mass is 160 g/mol. The number of ketones is 1. The van der Waals surface area contributed by atoms with Gasteiger partial charge < -0.3 is 16.4 Å². The van der Waals surface area contributed by atoms with Crippen LogP contribution >= 0.6 is 0 Å². The maximum Gasteiger partial charge on any atom is 1.00 e. The molecule has 0 aliphatic rings. The van der Waals surface area contributed by atoms with Crippen LogP contribution in [0.2, 0.25) is 0 Å². The van der Waals surface area contributed by atoms with E-state index in [0.29, 0.717) is 0 Å². The van der Waals surface area contributed by atoms with E-state index < -0.39 is 6.16 Å². The summed E-state index contributed by atoms with van der Waals surface area (Å²) in [5.74, 6) is 0.167. The predicted octanol–water partition coefficient (Wildman–Crippen LogP) is -2.07. The van der Waals surface area contributed by atoms with Crippen LogP contribution in [-0.2, 0) is 4.79 Å². The molecule has 0 spiro atoms. The van der Waals surface area contributed by atoms with Gasteiger partial charge in [0.1, 0.15) is 5.78 Å². The zero-order valence-corrected chi connectivity index (χ0v) is 8.83. The smallest absolute Gasteiger partial charge is 1.00 e. The Bertz CT molecular complexity index is 75.3. The van der Waals surface area contributed by atoms with Crippen LogP contribution in [0.1, 0.15) is 15.3 Å². The van der Waals surface area contributed by atoms with Crippen LogP contribution in [0.4, 0.5) is 4.79 Å². The van der Waals surface area contributed by atoms with Crippen molar-refractivity contribution in [1.82, 2.24) is 0 Å². The zero-order chi connectivity index (χ0) is 7.15. The first-order valence-corrected chi connectivity index (χ1v) is 1.86. The maximum absolute atomic E-state index is 9.44. The summed E-state index contributed by atoms with van der Waals surface area (Å²) in [7, 11) is 0. The van der Waals surface area contributed by atoms with Crippen molar-refractivity contribution >= 4 is 11.9 Å². The quantitative estimate of drug-likeness (QED) is 0.399. The van der Waals surface area contributed by atoms with Gasteiger partial charge in [0.15, 0.2) is 0 Å². The SMILES string of the molecule is CC(C)=O.O=C(O)O.[H-].[K+]. The number of hydrogen-bond acceptors (Lipinski definition) is 2. The summed E-state index contributed by atoms with van der Waals surface area (Å²) < 4.78 is 0. The van der Waals surface area contributed by atoms with Crippen LogP contribution < -0.4 is 51.4 Å². The summed E-state index contributed by atoms with van der Waals surface area (Å²) in [6.07, 6.45) is -1.83. The van der Waals surface area contributed by atoms with Crippen LogP contribution in [0.15, 0.2) is 0 Å². The minimum atomic E-state index is -1.83. The largest absolute Gasteiger partial charge is 1.00 e. The van der Waals surface area contributed by atoms with Crippen molar-refractivity contribution in [3.63, 3.8) is 0 Å². The Kier molecular flexibility index (Phi) is 20.6. The fraction of sp³-hybridized carbons (Fsp3) is 0.500. The summed E-state index contributed by atoms with van der Waals surface area (Å²) in [4.78, 5) is 18.0. The van der Waals surface area contributed by atoms with E-state index in [-0.39, 0.29) is 58.6 Å². The van der Waals surface area contributed by atoms with E-state index in [1.165, 1.54) is 13.8 Å². The van der Waals surface area contributed by atoms with Gasteiger partial charge in [0.05, 0.1) is 0 Å². The van der Waals surface area contributed by atoms with Gasteiger partial charge in [-0.2, -0.15) is 0 Å². The van der Waals surface area contributed by atoms with E-state index in [0.717, 1.165) is 0 Å². The van der Waals surface area contributed by atoms with E-state index in [4.69, 9.17) is 15.0 Å². The van der Waals surface area contributed by atoms with Gasteiger partial charge >= 0.3 is 57.5 Å². The molecule has 4 nitrogen and oxygen atoms in total. The second kappa shape index (κ2) is 11.4. The molecule has 5 heteroatoms. The Morgan fingerprint density at radius 1 is 1.22 bits per heavy atom. The van der Waals surface area contributed by atoms with Crippen molar-refractivity contribution in [3.8, 4) is 0 Å². The molecule has 0 aliphatic heterocycles. The molecule has 0 aromatic carbocycles. The number of carbonyl (C=O) groups excluding carboxylic acids is 1. The molecule has 9 heavy (non-hydrogen) atoms. The molecular formula is C4H9KO4. The van der Waals surface area contributed by atoms with E-state index in [9.17, 15) is 4.79 Å². The predicted molar refractivity (Wildman–Crippen MR) is 28.1 cm³/mol. The third kappa shape index (κ3) is 1120. The second-order valence-corrected chi connectivity index (χ2v) is 1.19. The van der Waals surface area contributed by atoms with Crippen molar-refractivity contribution in [2.45, 2.75) is 13.8 Å². The fourth-order valence-corrected chi connectivity index (χ4v) is 0. The maximum atomic E-state index is 9.44. The Balaban J connectivity index is -0.0000000300. The molecule has 0 aromatic rings. The Hall–Kier alpha value is 0.576. The van der Waals surface area contributed by atoms with E-state index >= 15 is 0 Å². The molecule has 2 N–H and O–H groups in total. The van der Waals surface area contributed by atoms with Crippen molar-refractivity contribution in [1.29, 1.82) is 0 Å². The van der Waals surface area contributed by atoms with Gasteiger partial charge in [-0.15, -0.1) is 0 Å². The van der Waals surface area contributed by atoms with Gasteiger partial charge in [0, 0.05) is 0 Å². The van der Waals surface area contributed by atoms with Gasteiger partial charge in [-0.1, -0.05) is 0 Å². The molecule has 0 saturated carbocycles. The summed E-state index contributed by atoms with van der Waals surface area (Å²) in [6, 6.07) is 0. The van der Waals surface area contributed by atoms with Crippen LogP contribution in [0.25, 0.3) is 0 Å². The molecule has 0 radical (unpaired) electrons. The normalized spacial score (nSPS) is 5.56. The topological polar surface area (TPSA) is 74.6 Å². The Morgan fingerprint density at radius 3 is 1.22 bits per heavy atom. The summed E-state index contributed by atoms with van der Waals surface area (Å²) >= 11 is 0. The molecular weight excluding hydrogens is 151 g/mol. The van der Waals surface area contributed by atoms with Gasteiger partial charge in [-0.25, -0.2) is 4.79 Å². The molecule has 0 heterocycles. The minimum absolute atomic E-state index is 0. The van der Waals surface area contributed by atoms with Crippen LogP contribution in [-0.4, -0.2) is 22.2 Å². The number of hydrogen-bond donors (Lipinski definition) is 2. The summed E-state index contributed by atoms with van der Waals surface area (Å²) in [5.41, 5.74) is 0. The fourth-order valence-electron chi connectivity index (χ4n) is 0. The van der Waals surface area contributed by atoms with Crippen LogP contribution in [0.3, 0.4) is 0 Å². The number of carbonyl (C=O) groups is 2. The molecule has 0 bridgehead atoms. The van der Waals surface area contributed by atoms with Crippen molar-refractivity contribution in [2.24, 2.45) is 0 Å². The average molecular weight is 160 g/mol. The first-order chi connectivity index (χ1) is 3.46. The van der Waals surface area contributed by atoms with Gasteiger partial charge in [0.25, 0.3) is 0 Å². The van der Waals surface area contributed by atoms with Crippen LogP contribution in [0.5, 0.6) is 0 Å². The second-order valence-electron chi connectivity index (χ2n) is 1.19. The molecule has 0 fully saturated rings. The van der Waals surface area contributed by atoms with Crippen molar-refractivity contribution in [2.75, 3.05) is 0 Å². The van der Waals surface area contributed by atoms with E-state index in [2.05, 4.69) is 0 Å². The molecule has 0 atom stereocenters. The molecule has 0 aliphatic carbocycles. The molecule has 50 valence electrons. The van der Waals surface area contributed by atoms with E-state index in [1.807, 2.05) is 0 Å². The van der Waals surface area contributed by atoms with Crippen LogP contribution in [0, 0.1) is 0 Å². The average Bonchev–Trinajstić information content (AvgIpc) is 1.25. The Labute approximate surface area is 97.2 Å². The van der Waals surface area contributed by atoms with Gasteiger partial charge in [-0.05, 0) is 13.8 Å². The molecule has 0 unspecified atom stereocenters. The minimum Gasteiger partial charge on any atom is -1.00 e. The number of Topliss-reactive ketones (excluding diaryl/α,β-unsaturated/α-hetero) is 1. The standard InChI is InChI=1S/C3H6O.CH2O3.K.H/c1-3(2)4;2-1(3)4;;/h1-2H3;(H2,2,3,4);;/q;;+1;-1. The summed E-state index contributed by atoms with van der Waals surface area (Å²) in [5, 5.41) is 13.9. The van der Waals surface area contributed by atoms with Gasteiger partial charge in [-0.3, -0.25) is 0 Å². The summed E-state index contributed by atoms with van der Waals surface area (Å²) in [6.45, 7) is 3.06. The third-order valence-corrected chi connectivity index (χ3v) is 0. The zero-order valence-electron chi connectivity index (χ0n) is 6.71. The molecule has 0 saturated heterocycles. The molecule has 0 aromatic heterocycles. The van der Waals surface area contributed by atoms with Gasteiger partial charge in [0.2, 0.25) is 0 Å². The molecule has 0 amide bonds. The molecule has 0 rings (SSSR count). The number of carboxylic acid groups (broad SMARTS) is 2. The third-order valence-electron chi connectivity index (χ3n) is 0. The van der Waals surface area contributed by atoms with Crippen molar-refractivity contribution in [3.05, 3.63) is 0 Å². The first kappa shape index (κ1) is 16.3. The number of rotatable bonds is 0. The first-order valence-electron chi connectivity index (χ1n) is 1.86. The van der Waals surface area contributed by atoms with E-state index in [1.54, 1.807) is 0 Å².